The molecule has 1 aromatic rings. The third-order valence-electron chi connectivity index (χ3n) is 4.00. The molecule has 122 valence electrons. The van der Waals surface area contributed by atoms with E-state index in [4.69, 9.17) is 5.73 Å². The quantitative estimate of drug-likeness (QED) is 0.810. The maximum absolute atomic E-state index is 11.4. The number of piperidine rings is 1. The lowest BCUT2D eigenvalue weighted by Crippen LogP contribution is -2.41. The molecule has 2 rings (SSSR count). The molecule has 1 saturated heterocycles. The lowest BCUT2D eigenvalue weighted by molar-refractivity contribution is -0.122. The first kappa shape index (κ1) is 16.8. The first-order valence-electron chi connectivity index (χ1n) is 7.52. The largest absolute Gasteiger partial charge is 0.371 e. The summed E-state index contributed by atoms with van der Waals surface area (Å²) in [7, 11) is -3.18. The zero-order chi connectivity index (χ0) is 16.2. The minimum Gasteiger partial charge on any atom is -0.371 e. The minimum absolute atomic E-state index is 0.0768. The van der Waals surface area contributed by atoms with Crippen molar-refractivity contribution in [2.24, 2.45) is 11.7 Å². The Kier molecular flexibility index (Phi) is 5.42. The molecule has 3 N–H and O–H groups in total. The highest BCUT2D eigenvalue weighted by Crippen LogP contribution is 2.23. The number of primary amides is 1. The zero-order valence-electron chi connectivity index (χ0n) is 12.8. The molecule has 6 nitrogen and oxygen atoms in total. The molecule has 1 heterocycles. The van der Waals surface area contributed by atoms with Crippen molar-refractivity contribution in [2.75, 3.05) is 23.7 Å². The van der Waals surface area contributed by atoms with Crippen molar-refractivity contribution in [3.05, 3.63) is 29.8 Å². The number of nitrogens with zero attached hydrogens (tertiary/aromatic N) is 1. The van der Waals surface area contributed by atoms with Gasteiger partial charge < -0.3 is 10.6 Å². The number of anilines is 1. The molecule has 0 bridgehead atoms. The summed E-state index contributed by atoms with van der Waals surface area (Å²) in [6.45, 7) is 3.46. The lowest BCUT2D eigenvalue weighted by Gasteiger charge is -2.33. The summed E-state index contributed by atoms with van der Waals surface area (Å²) in [6.07, 6.45) is 1.80. The number of hydrogen-bond donors (Lipinski definition) is 2. The van der Waals surface area contributed by atoms with Crippen LogP contribution in [-0.2, 0) is 21.4 Å². The molecule has 0 saturated carbocycles. The third-order valence-corrected chi connectivity index (χ3v) is 5.35. The van der Waals surface area contributed by atoms with Crippen molar-refractivity contribution in [1.82, 2.24) is 4.72 Å². The van der Waals surface area contributed by atoms with Crippen LogP contribution < -0.4 is 15.4 Å². The predicted molar refractivity (Wildman–Crippen MR) is 86.9 cm³/mol. The first-order valence-corrected chi connectivity index (χ1v) is 9.17. The Morgan fingerprint density at radius 1 is 1.36 bits per heavy atom. The summed E-state index contributed by atoms with van der Waals surface area (Å²) in [4.78, 5) is 13.5. The topological polar surface area (TPSA) is 92.5 Å². The van der Waals surface area contributed by atoms with E-state index >= 15 is 0 Å². The Balaban J connectivity index is 1.98. The second-order valence-electron chi connectivity index (χ2n) is 5.58. The van der Waals surface area contributed by atoms with E-state index in [2.05, 4.69) is 9.62 Å². The van der Waals surface area contributed by atoms with E-state index in [1.165, 1.54) is 0 Å². The van der Waals surface area contributed by atoms with Gasteiger partial charge in [-0.25, -0.2) is 13.1 Å². The summed E-state index contributed by atoms with van der Waals surface area (Å²) >= 11 is 0. The van der Waals surface area contributed by atoms with E-state index in [-0.39, 0.29) is 17.6 Å². The standard InChI is InChI=1S/C15H23N3O3S/c1-2-22(20,21)17-10-12-5-7-14(8-6-12)18-9-3-4-13(11-18)15(16)19/h5-8,13,17H,2-4,9-11H2,1H3,(H2,16,19)/t13-/m0/s1. The number of nitrogens with two attached hydrogens (primary N) is 1. The number of carbonyl (C=O) groups is 1. The van der Waals surface area contributed by atoms with Crippen LogP contribution in [0, 0.1) is 5.92 Å². The van der Waals surface area contributed by atoms with Gasteiger partial charge in [-0.05, 0) is 37.5 Å². The normalized spacial score (nSPS) is 19.1. The van der Waals surface area contributed by atoms with Gasteiger partial charge in [0.25, 0.3) is 0 Å². The average molecular weight is 325 g/mol. The third kappa shape index (κ3) is 4.45. The molecule has 7 heteroatoms. The molecule has 0 aliphatic carbocycles. The SMILES string of the molecule is CCS(=O)(=O)NCc1ccc(N2CCC[C@H](C(N)=O)C2)cc1. The fraction of sp³-hybridized carbons (Fsp3) is 0.533. The molecule has 1 fully saturated rings. The molecule has 0 radical (unpaired) electrons. The molecule has 0 unspecified atom stereocenters. The van der Waals surface area contributed by atoms with Gasteiger partial charge in [-0.1, -0.05) is 12.1 Å². The molecule has 1 aromatic carbocycles. The summed E-state index contributed by atoms with van der Waals surface area (Å²) < 4.78 is 25.4. The first-order chi connectivity index (χ1) is 10.4. The van der Waals surface area contributed by atoms with Gasteiger partial charge in [0.05, 0.1) is 11.7 Å². The van der Waals surface area contributed by atoms with E-state index in [9.17, 15) is 13.2 Å². The molecule has 1 atom stereocenters. The highest BCUT2D eigenvalue weighted by atomic mass is 32.2. The molecule has 1 aliphatic heterocycles. The number of amides is 1. The van der Waals surface area contributed by atoms with E-state index in [1.54, 1.807) is 6.92 Å². The van der Waals surface area contributed by atoms with Crippen molar-refractivity contribution < 1.29 is 13.2 Å². The molecule has 1 aliphatic rings. The molecule has 1 amide bonds. The number of rotatable bonds is 6. The van der Waals surface area contributed by atoms with Crippen LogP contribution in [0.3, 0.4) is 0 Å². The maximum atomic E-state index is 11.4. The summed E-state index contributed by atoms with van der Waals surface area (Å²) in [5.41, 5.74) is 7.34. The van der Waals surface area contributed by atoms with Crippen LogP contribution >= 0.6 is 0 Å². The summed E-state index contributed by atoms with van der Waals surface area (Å²) in [5, 5.41) is 0. The van der Waals surface area contributed by atoms with Crippen molar-refractivity contribution in [3.63, 3.8) is 0 Å². The van der Waals surface area contributed by atoms with Gasteiger partial charge in [0.1, 0.15) is 0 Å². The highest BCUT2D eigenvalue weighted by molar-refractivity contribution is 7.89. The lowest BCUT2D eigenvalue weighted by atomic mass is 9.97. The summed E-state index contributed by atoms with van der Waals surface area (Å²) in [5.74, 6) is -0.257. The maximum Gasteiger partial charge on any atom is 0.222 e. The van der Waals surface area contributed by atoms with Crippen LogP contribution in [0.25, 0.3) is 0 Å². The van der Waals surface area contributed by atoms with Crippen molar-refractivity contribution >= 4 is 21.6 Å². The fourth-order valence-corrected chi connectivity index (χ4v) is 3.15. The summed E-state index contributed by atoms with van der Waals surface area (Å²) in [6, 6.07) is 7.72. The average Bonchev–Trinajstić information content (AvgIpc) is 2.53. The Hall–Kier alpha value is -1.60. The van der Waals surface area contributed by atoms with Crippen molar-refractivity contribution in [2.45, 2.75) is 26.3 Å². The van der Waals surface area contributed by atoms with E-state index in [0.29, 0.717) is 13.1 Å². The number of nitrogens with one attached hydrogen (secondary N) is 1. The van der Waals surface area contributed by atoms with Gasteiger partial charge >= 0.3 is 0 Å². The second kappa shape index (κ2) is 7.11. The van der Waals surface area contributed by atoms with Crippen LogP contribution in [0.1, 0.15) is 25.3 Å². The van der Waals surface area contributed by atoms with E-state index < -0.39 is 10.0 Å². The van der Waals surface area contributed by atoms with Crippen LogP contribution in [0.5, 0.6) is 0 Å². The Labute approximate surface area is 131 Å². The van der Waals surface area contributed by atoms with E-state index in [0.717, 1.165) is 30.6 Å². The Morgan fingerprint density at radius 3 is 2.64 bits per heavy atom. The van der Waals surface area contributed by atoms with Crippen LogP contribution in [0.2, 0.25) is 0 Å². The minimum atomic E-state index is -3.18. The van der Waals surface area contributed by atoms with Crippen molar-refractivity contribution in [1.29, 1.82) is 0 Å². The number of hydrogen-bond acceptors (Lipinski definition) is 4. The fourth-order valence-electron chi connectivity index (χ4n) is 2.56. The predicted octanol–water partition coefficient (Wildman–Crippen LogP) is 0.828. The highest BCUT2D eigenvalue weighted by Gasteiger charge is 2.24. The van der Waals surface area contributed by atoms with Crippen LogP contribution in [-0.4, -0.2) is 33.2 Å². The number of benzene rings is 1. The number of sulfonamides is 1. The van der Waals surface area contributed by atoms with E-state index in [1.807, 2.05) is 24.3 Å². The van der Waals surface area contributed by atoms with Gasteiger partial charge in [0.15, 0.2) is 0 Å². The van der Waals surface area contributed by atoms with Crippen LogP contribution in [0.4, 0.5) is 5.69 Å². The van der Waals surface area contributed by atoms with Gasteiger partial charge in [-0.2, -0.15) is 0 Å². The zero-order valence-corrected chi connectivity index (χ0v) is 13.6. The molecule has 0 spiro atoms. The van der Waals surface area contributed by atoms with Gasteiger partial charge in [-0.15, -0.1) is 0 Å². The second-order valence-corrected chi connectivity index (χ2v) is 7.67. The molecular weight excluding hydrogens is 302 g/mol. The Morgan fingerprint density at radius 2 is 2.05 bits per heavy atom. The Bertz CT molecular complexity index is 613. The number of carbonyl (C=O) groups excluding carboxylic acids is 1. The monoisotopic (exact) mass is 325 g/mol. The molecule has 22 heavy (non-hydrogen) atoms. The smallest absolute Gasteiger partial charge is 0.222 e. The van der Waals surface area contributed by atoms with Crippen LogP contribution in [0.15, 0.2) is 24.3 Å². The van der Waals surface area contributed by atoms with Crippen molar-refractivity contribution in [3.8, 4) is 0 Å². The van der Waals surface area contributed by atoms with Gasteiger partial charge in [-0.3, -0.25) is 4.79 Å². The molecular formula is C15H23N3O3S. The van der Waals surface area contributed by atoms with Gasteiger partial charge in [0, 0.05) is 25.3 Å². The molecule has 0 aromatic heterocycles. The van der Waals surface area contributed by atoms with Gasteiger partial charge in [0.2, 0.25) is 15.9 Å².